The molecule has 0 heterocycles. The Balaban J connectivity index is 2.05. The summed E-state index contributed by atoms with van der Waals surface area (Å²) in [5.41, 5.74) is 6.36. The molecule has 1 unspecified atom stereocenters. The Hall–Kier alpha value is -1.49. The van der Waals surface area contributed by atoms with Crippen LogP contribution in [0.1, 0.15) is 31.2 Å². The molecule has 2 N–H and O–H groups in total. The van der Waals surface area contributed by atoms with E-state index in [1.807, 2.05) is 0 Å². The van der Waals surface area contributed by atoms with Crippen molar-refractivity contribution in [3.8, 4) is 0 Å². The first-order valence-corrected chi connectivity index (χ1v) is 6.26. The summed E-state index contributed by atoms with van der Waals surface area (Å²) in [6, 6.07) is 4.06. The van der Waals surface area contributed by atoms with Crippen molar-refractivity contribution in [2.75, 3.05) is 0 Å². The lowest BCUT2D eigenvalue weighted by atomic mass is 9.93. The molecule has 1 aliphatic rings. The number of halogens is 1. The predicted molar refractivity (Wildman–Crippen MR) is 66.7 cm³/mol. The van der Waals surface area contributed by atoms with Crippen LogP contribution in [0, 0.1) is 21.8 Å². The summed E-state index contributed by atoms with van der Waals surface area (Å²) < 4.78 is 13.4. The van der Waals surface area contributed by atoms with Gasteiger partial charge in [0.2, 0.25) is 5.82 Å². The summed E-state index contributed by atoms with van der Waals surface area (Å²) in [5, 5.41) is 10.5. The number of nitro groups is 1. The Morgan fingerprint density at radius 3 is 2.67 bits per heavy atom. The van der Waals surface area contributed by atoms with Gasteiger partial charge in [0, 0.05) is 12.1 Å². The van der Waals surface area contributed by atoms with E-state index in [0.29, 0.717) is 12.3 Å². The van der Waals surface area contributed by atoms with Gasteiger partial charge in [-0.25, -0.2) is 0 Å². The van der Waals surface area contributed by atoms with Crippen LogP contribution in [0.15, 0.2) is 18.2 Å². The van der Waals surface area contributed by atoms with E-state index in [0.717, 1.165) is 18.4 Å². The van der Waals surface area contributed by atoms with E-state index in [2.05, 4.69) is 0 Å². The zero-order valence-corrected chi connectivity index (χ0v) is 10.1. The number of benzene rings is 1. The van der Waals surface area contributed by atoms with Crippen LogP contribution in [0.5, 0.6) is 0 Å². The summed E-state index contributed by atoms with van der Waals surface area (Å²) in [5.74, 6) is -0.278. The third-order valence-corrected chi connectivity index (χ3v) is 3.69. The third-order valence-electron chi connectivity index (χ3n) is 3.69. The van der Waals surface area contributed by atoms with Crippen LogP contribution < -0.4 is 5.73 Å². The van der Waals surface area contributed by atoms with Gasteiger partial charge in [-0.2, -0.15) is 4.39 Å². The molecule has 0 saturated heterocycles. The van der Waals surface area contributed by atoms with Gasteiger partial charge in [0.15, 0.2) is 0 Å². The van der Waals surface area contributed by atoms with Gasteiger partial charge in [0.25, 0.3) is 0 Å². The minimum absolute atomic E-state index is 0.0216. The van der Waals surface area contributed by atoms with Crippen molar-refractivity contribution in [3.05, 3.63) is 39.7 Å². The molecule has 0 aromatic heterocycles. The molecule has 18 heavy (non-hydrogen) atoms. The second-order valence-electron chi connectivity index (χ2n) is 4.96. The van der Waals surface area contributed by atoms with Crippen LogP contribution in [0.4, 0.5) is 10.1 Å². The van der Waals surface area contributed by atoms with Crippen molar-refractivity contribution in [1.82, 2.24) is 0 Å². The van der Waals surface area contributed by atoms with Gasteiger partial charge in [-0.15, -0.1) is 0 Å². The molecule has 1 atom stereocenters. The van der Waals surface area contributed by atoms with E-state index in [1.165, 1.54) is 25.0 Å². The van der Waals surface area contributed by atoms with Crippen LogP contribution in [0.3, 0.4) is 0 Å². The van der Waals surface area contributed by atoms with Crippen molar-refractivity contribution in [2.24, 2.45) is 11.7 Å². The topological polar surface area (TPSA) is 69.2 Å². The smallest absolute Gasteiger partial charge is 0.304 e. The van der Waals surface area contributed by atoms with Crippen molar-refractivity contribution < 1.29 is 9.31 Å². The van der Waals surface area contributed by atoms with Crippen LogP contribution in [-0.4, -0.2) is 11.0 Å². The van der Waals surface area contributed by atoms with E-state index in [9.17, 15) is 14.5 Å². The highest BCUT2D eigenvalue weighted by Crippen LogP contribution is 2.28. The molecule has 4 nitrogen and oxygen atoms in total. The molecule has 5 heteroatoms. The van der Waals surface area contributed by atoms with E-state index in [1.54, 1.807) is 6.07 Å². The number of nitrogens with two attached hydrogens (primary N) is 1. The lowest BCUT2D eigenvalue weighted by Crippen LogP contribution is -2.30. The van der Waals surface area contributed by atoms with Crippen molar-refractivity contribution in [3.63, 3.8) is 0 Å². The number of hydrogen-bond acceptors (Lipinski definition) is 3. The summed E-state index contributed by atoms with van der Waals surface area (Å²) in [4.78, 5) is 9.79. The first kappa shape index (κ1) is 13.0. The molecule has 98 valence electrons. The molecule has 1 aliphatic carbocycles. The van der Waals surface area contributed by atoms with Gasteiger partial charge in [0.05, 0.1) is 4.92 Å². The summed E-state index contributed by atoms with van der Waals surface area (Å²) >= 11 is 0. The molecule has 0 bridgehead atoms. The largest absolute Gasteiger partial charge is 0.327 e. The van der Waals surface area contributed by atoms with E-state index >= 15 is 0 Å². The predicted octanol–water partition coefficient (Wildman–Crippen LogP) is 2.79. The molecule has 2 rings (SSSR count). The fraction of sp³-hybridized carbons (Fsp3) is 0.538. The Kier molecular flexibility index (Phi) is 3.91. The Bertz CT molecular complexity index is 445. The van der Waals surface area contributed by atoms with Gasteiger partial charge in [-0.05, 0) is 36.8 Å². The number of rotatable bonds is 4. The molecular weight excluding hydrogens is 235 g/mol. The molecule has 0 aliphatic heterocycles. The SMILES string of the molecule is NC(Cc1ccc([N+](=O)[O-])c(F)c1)C1CCCC1. The zero-order valence-electron chi connectivity index (χ0n) is 10.1. The first-order valence-electron chi connectivity index (χ1n) is 6.26. The molecule has 1 aromatic carbocycles. The van der Waals surface area contributed by atoms with Gasteiger partial charge in [-0.1, -0.05) is 18.9 Å². The quantitative estimate of drug-likeness (QED) is 0.661. The molecule has 0 radical (unpaired) electrons. The van der Waals surface area contributed by atoms with Crippen molar-refractivity contribution >= 4 is 5.69 Å². The highest BCUT2D eigenvalue weighted by atomic mass is 19.1. The average Bonchev–Trinajstić information content (AvgIpc) is 2.81. The van der Waals surface area contributed by atoms with E-state index < -0.39 is 16.4 Å². The molecule has 0 amide bonds. The fourth-order valence-electron chi connectivity index (χ4n) is 2.65. The first-order chi connectivity index (χ1) is 8.58. The van der Waals surface area contributed by atoms with Gasteiger partial charge in [0.1, 0.15) is 0 Å². The lowest BCUT2D eigenvalue weighted by Gasteiger charge is -2.18. The highest BCUT2D eigenvalue weighted by molar-refractivity contribution is 5.35. The Morgan fingerprint density at radius 2 is 2.11 bits per heavy atom. The van der Waals surface area contributed by atoms with Crippen LogP contribution in [-0.2, 0) is 6.42 Å². The van der Waals surface area contributed by atoms with Crippen molar-refractivity contribution in [2.45, 2.75) is 38.1 Å². The molecule has 1 fully saturated rings. The molecule has 0 spiro atoms. The fourth-order valence-corrected chi connectivity index (χ4v) is 2.65. The Labute approximate surface area is 105 Å². The monoisotopic (exact) mass is 252 g/mol. The minimum Gasteiger partial charge on any atom is -0.327 e. The summed E-state index contributed by atoms with van der Waals surface area (Å²) in [6.07, 6.45) is 5.28. The maximum atomic E-state index is 13.4. The molecule has 1 aromatic rings. The number of nitro benzene ring substituents is 1. The standard InChI is InChI=1S/C13H17FN2O2/c14-11-7-9(5-6-13(11)16(17)18)8-12(15)10-3-1-2-4-10/h5-7,10,12H,1-4,8,15H2. The normalized spacial score (nSPS) is 17.9. The molecule has 1 saturated carbocycles. The van der Waals surface area contributed by atoms with E-state index in [-0.39, 0.29) is 6.04 Å². The molecular formula is C13H17FN2O2. The maximum Gasteiger partial charge on any atom is 0.304 e. The average molecular weight is 252 g/mol. The minimum atomic E-state index is -0.781. The van der Waals surface area contributed by atoms with Crippen LogP contribution in [0.25, 0.3) is 0 Å². The van der Waals surface area contributed by atoms with Gasteiger partial charge >= 0.3 is 5.69 Å². The van der Waals surface area contributed by atoms with E-state index in [4.69, 9.17) is 5.73 Å². The third kappa shape index (κ3) is 2.85. The van der Waals surface area contributed by atoms with Crippen LogP contribution in [0.2, 0.25) is 0 Å². The van der Waals surface area contributed by atoms with Gasteiger partial charge < -0.3 is 5.73 Å². The summed E-state index contributed by atoms with van der Waals surface area (Å²) in [6.45, 7) is 0. The van der Waals surface area contributed by atoms with Crippen molar-refractivity contribution in [1.29, 1.82) is 0 Å². The zero-order chi connectivity index (χ0) is 13.1. The van der Waals surface area contributed by atoms with Crippen LogP contribution >= 0.6 is 0 Å². The lowest BCUT2D eigenvalue weighted by molar-refractivity contribution is -0.387. The number of nitrogens with zero attached hydrogens (tertiary/aromatic N) is 1. The highest BCUT2D eigenvalue weighted by Gasteiger charge is 2.23. The van der Waals surface area contributed by atoms with Gasteiger partial charge in [-0.3, -0.25) is 10.1 Å². The Morgan fingerprint density at radius 1 is 1.44 bits per heavy atom. The summed E-state index contributed by atoms with van der Waals surface area (Å²) in [7, 11) is 0. The second kappa shape index (κ2) is 5.44. The number of hydrogen-bond donors (Lipinski definition) is 1. The second-order valence-corrected chi connectivity index (χ2v) is 4.96. The maximum absolute atomic E-state index is 13.4.